The van der Waals surface area contributed by atoms with Crippen LogP contribution in [-0.2, 0) is 12.6 Å². The van der Waals surface area contributed by atoms with Crippen molar-refractivity contribution in [3.05, 3.63) is 39.7 Å². The molecule has 1 amide bonds. The fourth-order valence-electron chi connectivity index (χ4n) is 2.25. The van der Waals surface area contributed by atoms with Gasteiger partial charge in [-0.15, -0.1) is 11.3 Å². The van der Waals surface area contributed by atoms with Gasteiger partial charge in [-0.25, -0.2) is 4.98 Å². The lowest BCUT2D eigenvalue weighted by molar-refractivity contribution is -0.140. The van der Waals surface area contributed by atoms with E-state index in [9.17, 15) is 18.0 Å². The van der Waals surface area contributed by atoms with E-state index in [1.165, 1.54) is 6.26 Å². The molecule has 0 aliphatic carbocycles. The van der Waals surface area contributed by atoms with Crippen LogP contribution < -0.4 is 16.0 Å². The third-order valence-electron chi connectivity index (χ3n) is 3.70. The number of aromatic nitrogens is 1. The van der Waals surface area contributed by atoms with Gasteiger partial charge in [0.05, 0.1) is 11.3 Å². The average Bonchev–Trinajstić information content (AvgIpc) is 3.28. The Morgan fingerprint density at radius 1 is 1.25 bits per heavy atom. The van der Waals surface area contributed by atoms with Crippen LogP contribution in [0, 0.1) is 6.92 Å². The number of carbonyl (C=O) groups is 1. The zero-order chi connectivity index (χ0) is 20.6. The van der Waals surface area contributed by atoms with Gasteiger partial charge in [-0.05, 0) is 19.4 Å². The second-order valence-corrected chi connectivity index (χ2v) is 6.78. The molecule has 154 valence electrons. The van der Waals surface area contributed by atoms with E-state index in [1.54, 1.807) is 20.0 Å². The predicted molar refractivity (Wildman–Crippen MR) is 101 cm³/mol. The highest BCUT2D eigenvalue weighted by Gasteiger charge is 2.33. The largest absolute Gasteiger partial charge is 0.459 e. The Morgan fingerprint density at radius 2 is 1.96 bits per heavy atom. The number of rotatable bonds is 8. The summed E-state index contributed by atoms with van der Waals surface area (Å²) in [5, 5.41) is 10.3. The van der Waals surface area contributed by atoms with Gasteiger partial charge in [0.25, 0.3) is 5.91 Å². The number of alkyl halides is 3. The lowest BCUT2D eigenvalue weighted by Gasteiger charge is -2.11. The van der Waals surface area contributed by atoms with Crippen molar-refractivity contribution in [2.75, 3.05) is 26.7 Å². The summed E-state index contributed by atoms with van der Waals surface area (Å²) in [4.78, 5) is 19.5. The van der Waals surface area contributed by atoms with E-state index in [2.05, 4.69) is 25.9 Å². The number of carbonyl (C=O) groups excluding carboxylic acids is 1. The molecule has 2 rings (SSSR count). The van der Waals surface area contributed by atoms with Gasteiger partial charge >= 0.3 is 6.18 Å². The Kier molecular flexibility index (Phi) is 7.85. The van der Waals surface area contributed by atoms with Gasteiger partial charge in [0.15, 0.2) is 17.4 Å². The molecule has 0 aromatic carbocycles. The van der Waals surface area contributed by atoms with Crippen LogP contribution in [0.2, 0.25) is 0 Å². The van der Waals surface area contributed by atoms with E-state index >= 15 is 0 Å². The van der Waals surface area contributed by atoms with Crippen LogP contribution >= 0.6 is 11.3 Å². The molecule has 0 fully saturated rings. The van der Waals surface area contributed by atoms with E-state index < -0.39 is 11.9 Å². The van der Waals surface area contributed by atoms with E-state index in [0.717, 1.165) is 22.3 Å². The molecule has 0 aliphatic rings. The maximum atomic E-state index is 12.5. The number of aryl methyl sites for hydroxylation is 1. The van der Waals surface area contributed by atoms with Gasteiger partial charge < -0.3 is 20.4 Å². The first-order valence-electron chi connectivity index (χ1n) is 8.59. The van der Waals surface area contributed by atoms with Crippen molar-refractivity contribution in [1.29, 1.82) is 0 Å². The number of guanidine groups is 1. The molecule has 0 saturated carbocycles. The molecule has 0 unspecified atom stereocenters. The van der Waals surface area contributed by atoms with Gasteiger partial charge in [0.2, 0.25) is 0 Å². The molecule has 0 atom stereocenters. The van der Waals surface area contributed by atoms with Gasteiger partial charge in [-0.3, -0.25) is 9.79 Å². The zero-order valence-electron chi connectivity index (χ0n) is 15.5. The fraction of sp³-hybridized carbons (Fsp3) is 0.471. The van der Waals surface area contributed by atoms with E-state index in [0.29, 0.717) is 49.2 Å². The summed E-state index contributed by atoms with van der Waals surface area (Å²) < 4.78 is 42.7. The standard InChI is InChI=1S/C17H22F3N5O2S/c1-11-5-9-27-14(11)15(26)22-6-3-7-23-16(21-2)24-8-4-13-25-12(10-28-13)17(18,19)20/h5,9-10H,3-4,6-8H2,1-2H3,(H,22,26)(H2,21,23,24). The first-order chi connectivity index (χ1) is 13.3. The highest BCUT2D eigenvalue weighted by Crippen LogP contribution is 2.29. The molecule has 28 heavy (non-hydrogen) atoms. The van der Waals surface area contributed by atoms with Crippen molar-refractivity contribution in [3.8, 4) is 0 Å². The number of hydrogen-bond acceptors (Lipinski definition) is 5. The molecular weight excluding hydrogens is 395 g/mol. The molecule has 0 radical (unpaired) electrons. The van der Waals surface area contributed by atoms with Crippen LogP contribution in [0.5, 0.6) is 0 Å². The number of thiazole rings is 1. The topological polar surface area (TPSA) is 91.5 Å². The smallest absolute Gasteiger partial charge is 0.434 e. The average molecular weight is 417 g/mol. The molecule has 11 heteroatoms. The van der Waals surface area contributed by atoms with Crippen molar-refractivity contribution in [3.63, 3.8) is 0 Å². The Hall–Kier alpha value is -2.56. The molecule has 3 N–H and O–H groups in total. The first-order valence-corrected chi connectivity index (χ1v) is 9.47. The first kappa shape index (κ1) is 21.7. The van der Waals surface area contributed by atoms with Crippen LogP contribution in [-0.4, -0.2) is 43.5 Å². The molecule has 0 spiro atoms. The quantitative estimate of drug-likeness (QED) is 0.349. The maximum absolute atomic E-state index is 12.5. The van der Waals surface area contributed by atoms with E-state index in [1.807, 2.05) is 0 Å². The molecule has 0 aliphatic heterocycles. The summed E-state index contributed by atoms with van der Waals surface area (Å²) in [6.07, 6.45) is -1.92. The number of hydrogen-bond donors (Lipinski definition) is 3. The number of amides is 1. The van der Waals surface area contributed by atoms with Crippen LogP contribution in [0.25, 0.3) is 0 Å². The summed E-state index contributed by atoms with van der Waals surface area (Å²) in [6, 6.07) is 1.72. The molecule has 0 bridgehead atoms. The van der Waals surface area contributed by atoms with Crippen LogP contribution in [0.1, 0.15) is 33.2 Å². The molecule has 2 heterocycles. The van der Waals surface area contributed by atoms with Crippen LogP contribution in [0.3, 0.4) is 0 Å². The minimum atomic E-state index is -4.41. The summed E-state index contributed by atoms with van der Waals surface area (Å²) in [5.41, 5.74) is -0.0791. The number of halogens is 3. The second-order valence-electron chi connectivity index (χ2n) is 5.84. The number of nitrogens with one attached hydrogen (secondary N) is 3. The maximum Gasteiger partial charge on any atom is 0.434 e. The van der Waals surface area contributed by atoms with E-state index in [4.69, 9.17) is 4.42 Å². The number of aliphatic imine (C=N–C) groups is 1. The Bertz CT molecular complexity index is 801. The van der Waals surface area contributed by atoms with Gasteiger partial charge in [0, 0.05) is 44.0 Å². The predicted octanol–water partition coefficient (Wildman–Crippen LogP) is 2.59. The monoisotopic (exact) mass is 417 g/mol. The third kappa shape index (κ3) is 6.55. The Balaban J connectivity index is 1.62. The highest BCUT2D eigenvalue weighted by atomic mass is 32.1. The summed E-state index contributed by atoms with van der Waals surface area (Å²) in [7, 11) is 1.60. The molecule has 2 aromatic rings. The lowest BCUT2D eigenvalue weighted by Crippen LogP contribution is -2.39. The van der Waals surface area contributed by atoms with Crippen molar-refractivity contribution in [2.24, 2.45) is 4.99 Å². The highest BCUT2D eigenvalue weighted by molar-refractivity contribution is 7.09. The fourth-order valence-corrected chi connectivity index (χ4v) is 3.05. The number of nitrogens with zero attached hydrogens (tertiary/aromatic N) is 2. The van der Waals surface area contributed by atoms with Crippen LogP contribution in [0.4, 0.5) is 13.2 Å². The SMILES string of the molecule is CN=C(NCCCNC(=O)c1occc1C)NCCc1nc(C(F)(F)F)cs1. The van der Waals surface area contributed by atoms with Crippen molar-refractivity contribution < 1.29 is 22.4 Å². The molecular formula is C17H22F3N5O2S. The summed E-state index contributed by atoms with van der Waals surface area (Å²) in [6.45, 7) is 3.22. The second kappa shape index (κ2) is 10.1. The van der Waals surface area contributed by atoms with Gasteiger partial charge in [-0.1, -0.05) is 0 Å². The van der Waals surface area contributed by atoms with Crippen molar-refractivity contribution >= 4 is 23.2 Å². The molecule has 0 saturated heterocycles. The minimum Gasteiger partial charge on any atom is -0.459 e. The van der Waals surface area contributed by atoms with Crippen molar-refractivity contribution in [1.82, 2.24) is 20.9 Å². The van der Waals surface area contributed by atoms with Gasteiger partial charge in [0.1, 0.15) is 0 Å². The third-order valence-corrected chi connectivity index (χ3v) is 4.61. The molecule has 2 aromatic heterocycles. The number of furan rings is 1. The van der Waals surface area contributed by atoms with Crippen LogP contribution in [0.15, 0.2) is 27.1 Å². The Labute approximate surface area is 164 Å². The minimum absolute atomic E-state index is 0.258. The zero-order valence-corrected chi connectivity index (χ0v) is 16.3. The lowest BCUT2D eigenvalue weighted by atomic mass is 10.2. The molecule has 7 nitrogen and oxygen atoms in total. The van der Waals surface area contributed by atoms with Gasteiger partial charge in [-0.2, -0.15) is 13.2 Å². The Morgan fingerprint density at radius 3 is 2.57 bits per heavy atom. The van der Waals surface area contributed by atoms with Crippen molar-refractivity contribution in [2.45, 2.75) is 25.9 Å². The summed E-state index contributed by atoms with van der Waals surface area (Å²) >= 11 is 0.983. The normalized spacial score (nSPS) is 12.1. The van der Waals surface area contributed by atoms with E-state index in [-0.39, 0.29) is 5.91 Å². The summed E-state index contributed by atoms with van der Waals surface area (Å²) in [5.74, 6) is 0.578.